The Kier molecular flexibility index (Phi) is 29.5. The van der Waals surface area contributed by atoms with Gasteiger partial charge in [0.1, 0.15) is 0 Å². The van der Waals surface area contributed by atoms with Gasteiger partial charge in [-0.05, 0) is 0 Å². The number of halogens is 8. The van der Waals surface area contributed by atoms with E-state index < -0.39 is 31.0 Å². The van der Waals surface area contributed by atoms with E-state index >= 15 is 0 Å². The fourth-order valence-electron chi connectivity index (χ4n) is 0. The predicted molar refractivity (Wildman–Crippen MR) is 65.6 cm³/mol. The Labute approximate surface area is 129 Å². The Morgan fingerprint density at radius 2 is 0.625 bits per heavy atom. The summed E-state index contributed by atoms with van der Waals surface area (Å²) in [5.41, 5.74) is 0. The van der Waals surface area contributed by atoms with Crippen molar-refractivity contribution in [3.8, 4) is 0 Å². The van der Waals surface area contributed by atoms with Crippen LogP contribution in [0.1, 0.15) is 0 Å². The van der Waals surface area contributed by atoms with Crippen molar-refractivity contribution in [2.45, 2.75) is 0 Å². The van der Waals surface area contributed by atoms with Crippen molar-refractivity contribution < 1.29 is 31.0 Å². The van der Waals surface area contributed by atoms with Crippen molar-refractivity contribution in [3.63, 3.8) is 0 Å². The van der Waals surface area contributed by atoms with Crippen LogP contribution in [0.5, 0.6) is 0 Å². The molecule has 0 bridgehead atoms. The third-order valence-electron chi connectivity index (χ3n) is 0. The number of nitrogens with one attached hydrogen (secondary N) is 2. The molecule has 0 radical (unpaired) electrons. The quantitative estimate of drug-likeness (QED) is 0.236. The first-order valence-electron chi connectivity index (χ1n) is 2.36. The Balaban J connectivity index is -0.0000000621. The van der Waals surface area contributed by atoms with Crippen LogP contribution in [0.3, 0.4) is 0 Å². The number of diazo groups is 2. The van der Waals surface area contributed by atoms with E-state index in [2.05, 4.69) is 0 Å². The molecular formula is H2Cl8N6Zr2. The summed E-state index contributed by atoms with van der Waals surface area (Å²) in [5.74, 6) is 10.8. The number of rotatable bonds is 0. The molecule has 6 nitrogen and oxygen atoms in total. The van der Waals surface area contributed by atoms with E-state index in [1.807, 2.05) is 0 Å². The maximum absolute atomic E-state index is 6.86. The Hall–Kier alpha value is 2.53. The zero-order valence-corrected chi connectivity index (χ0v) is 17.8. The summed E-state index contributed by atoms with van der Waals surface area (Å²) in [6.07, 6.45) is 0. The van der Waals surface area contributed by atoms with E-state index in [0.29, 0.717) is 0 Å². The van der Waals surface area contributed by atoms with Crippen LogP contribution in [0.15, 0.2) is 0 Å². The summed E-state index contributed by atoms with van der Waals surface area (Å²) in [7, 11) is 40.3. The minimum absolute atomic E-state index is 1.75. The number of hydrogen-bond acceptors (Lipinski definition) is 2. The molecule has 0 amide bonds. The van der Waals surface area contributed by atoms with Crippen LogP contribution in [-0.2, 0) is 31.0 Å². The first-order valence-corrected chi connectivity index (χ1v) is 27.7. The average molecular weight is 552 g/mol. The van der Waals surface area contributed by atoms with E-state index in [4.69, 9.17) is 90.6 Å². The zero-order valence-electron chi connectivity index (χ0n) is 6.81. The van der Waals surface area contributed by atoms with Crippen LogP contribution in [0, 0.1) is 10.8 Å². The third kappa shape index (κ3) is 624. The topological polar surface area (TPSA) is 104 Å². The molecule has 0 aromatic carbocycles. The van der Waals surface area contributed by atoms with Gasteiger partial charge in [-0.3, -0.25) is 0 Å². The second-order valence-electron chi connectivity index (χ2n) is 1.06. The summed E-state index contributed by atoms with van der Waals surface area (Å²) in [6.45, 7) is 0. The van der Waals surface area contributed by atoms with Gasteiger partial charge in [0.05, 0.1) is 10.2 Å². The molecule has 0 aromatic heterocycles. The molecule has 0 heterocycles. The van der Waals surface area contributed by atoms with Gasteiger partial charge in [-0.25, -0.2) is 0 Å². The van der Waals surface area contributed by atoms with Crippen molar-refractivity contribution in [1.82, 2.24) is 0 Å². The molecule has 0 atom stereocenters. The molecule has 0 spiro atoms. The van der Waals surface area contributed by atoms with Crippen LogP contribution in [0.2, 0.25) is 0 Å². The normalized spacial score (nSPS) is 8.38. The van der Waals surface area contributed by atoms with Crippen molar-refractivity contribution in [1.29, 1.82) is 10.8 Å². The Morgan fingerprint density at radius 1 is 0.625 bits per heavy atom. The average Bonchev–Trinajstić information content (AvgIpc) is 1.79. The third-order valence-corrected chi connectivity index (χ3v) is 0. The van der Waals surface area contributed by atoms with E-state index in [1.54, 1.807) is 10.2 Å². The monoisotopic (exact) mass is 546 g/mol. The molecule has 16 heteroatoms. The molecule has 0 rings (SSSR count). The molecule has 2 N–H and O–H groups in total. The standard InChI is InChI=1S/8ClH.2HN3.2Zr/c;;;;;;;;2*1-3-2;;/h8*1H;2*1H;;/q;;;;;;;;;;2*+4/p-8. The molecular weight excluding hydrogens is 550 g/mol. The molecule has 96 valence electrons. The van der Waals surface area contributed by atoms with Gasteiger partial charge in [0.15, 0.2) is 0 Å². The molecule has 16 heavy (non-hydrogen) atoms. The van der Waals surface area contributed by atoms with Crippen molar-refractivity contribution in [3.05, 3.63) is 21.9 Å². The first kappa shape index (κ1) is 27.0. The van der Waals surface area contributed by atoms with E-state index in [1.165, 1.54) is 0 Å². The van der Waals surface area contributed by atoms with Gasteiger partial charge in [-0.2, -0.15) is 0 Å². The van der Waals surface area contributed by atoms with Crippen molar-refractivity contribution in [2.75, 3.05) is 0 Å². The second kappa shape index (κ2) is 17.5. The van der Waals surface area contributed by atoms with Crippen LogP contribution < -0.4 is 0 Å². The fraction of sp³-hybridized carbons (Fsp3) is 0. The summed E-state index contributed by atoms with van der Waals surface area (Å²) < 4.78 is 0. The van der Waals surface area contributed by atoms with Gasteiger partial charge in [-0.1, -0.05) is 11.7 Å². The summed E-state index contributed by atoms with van der Waals surface area (Å²) >= 11 is -6.58. The van der Waals surface area contributed by atoms with Crippen molar-refractivity contribution >= 4 is 68.1 Å². The van der Waals surface area contributed by atoms with E-state index in [0.717, 1.165) is 0 Å². The SMILES string of the molecule is N#[N+][NH-].N#[N+][NH-].[Cl][Zr]([Cl])([Cl])[Cl].[Cl][Zr]([Cl])([Cl])[Cl]. The summed E-state index contributed by atoms with van der Waals surface area (Å²) in [4.78, 5) is 0. The van der Waals surface area contributed by atoms with Gasteiger partial charge in [-0.15, -0.1) is 10.8 Å². The van der Waals surface area contributed by atoms with Crippen LogP contribution in [0.4, 0.5) is 0 Å². The van der Waals surface area contributed by atoms with Crippen molar-refractivity contribution in [2.24, 2.45) is 0 Å². The van der Waals surface area contributed by atoms with Gasteiger partial charge in [0, 0.05) is 0 Å². The second-order valence-corrected chi connectivity index (χ2v) is 45.8. The molecule has 0 fully saturated rings. The van der Waals surface area contributed by atoms with Crippen LogP contribution in [0.25, 0.3) is 21.9 Å². The first-order chi connectivity index (χ1) is 6.83. The maximum atomic E-state index is 6.86. The van der Waals surface area contributed by atoms with E-state index in [9.17, 15) is 0 Å². The van der Waals surface area contributed by atoms with Gasteiger partial charge < -0.3 is 0 Å². The fourth-order valence-corrected chi connectivity index (χ4v) is 0. The van der Waals surface area contributed by atoms with Crippen LogP contribution >= 0.6 is 68.1 Å². The molecule has 0 unspecified atom stereocenters. The van der Waals surface area contributed by atoms with E-state index in [-0.39, 0.29) is 0 Å². The van der Waals surface area contributed by atoms with Gasteiger partial charge in [0.25, 0.3) is 0 Å². The van der Waals surface area contributed by atoms with Gasteiger partial charge in [0.2, 0.25) is 0 Å². The summed E-state index contributed by atoms with van der Waals surface area (Å²) in [5, 5.41) is 17.2. The molecule has 0 aliphatic heterocycles. The number of nitrogens with zero attached hydrogens (tertiary/aromatic N) is 4. The van der Waals surface area contributed by atoms with Crippen LogP contribution in [-0.4, -0.2) is 0 Å². The summed E-state index contributed by atoms with van der Waals surface area (Å²) in [6, 6.07) is 0. The predicted octanol–water partition coefficient (Wildman–Crippen LogP) is 7.12. The molecule has 0 aliphatic rings. The Morgan fingerprint density at radius 3 is 0.625 bits per heavy atom. The molecule has 0 saturated heterocycles. The minimum atomic E-state index is -3.29. The number of hydrogen-bond donors (Lipinski definition) is 0. The Bertz CT molecular complexity index is 169. The molecule has 0 saturated carbocycles. The molecule has 0 aromatic rings. The molecule has 0 aliphatic carbocycles. The van der Waals surface area contributed by atoms with Gasteiger partial charge >= 0.3 is 99.1 Å². The zero-order chi connectivity index (χ0) is 14.4.